The predicted molar refractivity (Wildman–Crippen MR) is 97.7 cm³/mol. The number of carbonyl (C=O) groups excluding carboxylic acids is 2. The Balaban J connectivity index is 1.90. The first kappa shape index (κ1) is 20.4. The molecular weight excluding hydrogens is 395 g/mol. The van der Waals surface area contributed by atoms with Gasteiger partial charge < -0.3 is 10.1 Å². The second-order valence-corrected chi connectivity index (χ2v) is 7.65. The number of thiophene rings is 1. The lowest BCUT2D eigenvalue weighted by Gasteiger charge is -2.12. The van der Waals surface area contributed by atoms with Gasteiger partial charge in [-0.15, -0.1) is 11.3 Å². The van der Waals surface area contributed by atoms with Crippen molar-refractivity contribution in [2.24, 2.45) is 7.05 Å². The van der Waals surface area contributed by atoms with Gasteiger partial charge in [0, 0.05) is 18.0 Å². The van der Waals surface area contributed by atoms with Crippen molar-refractivity contribution in [1.82, 2.24) is 9.78 Å². The summed E-state index contributed by atoms with van der Waals surface area (Å²) in [5.74, 6) is -1.32. The van der Waals surface area contributed by atoms with E-state index in [0.717, 1.165) is 36.8 Å². The first-order valence-electron chi connectivity index (χ1n) is 8.96. The van der Waals surface area contributed by atoms with Gasteiger partial charge in [0.15, 0.2) is 5.69 Å². The molecule has 0 atom stereocenters. The van der Waals surface area contributed by atoms with E-state index >= 15 is 0 Å². The number of ether oxygens (including phenoxy) is 1. The van der Waals surface area contributed by atoms with E-state index in [1.54, 1.807) is 0 Å². The second kappa shape index (κ2) is 7.94. The molecule has 2 heterocycles. The van der Waals surface area contributed by atoms with Crippen molar-refractivity contribution in [3.8, 4) is 0 Å². The van der Waals surface area contributed by atoms with Gasteiger partial charge in [0.2, 0.25) is 0 Å². The summed E-state index contributed by atoms with van der Waals surface area (Å²) >= 11 is 1.27. The zero-order chi connectivity index (χ0) is 20.5. The van der Waals surface area contributed by atoms with E-state index in [0.29, 0.717) is 34.2 Å². The van der Waals surface area contributed by atoms with Crippen molar-refractivity contribution < 1.29 is 27.5 Å². The van der Waals surface area contributed by atoms with Gasteiger partial charge in [0.05, 0.1) is 12.2 Å². The highest BCUT2D eigenvalue weighted by Gasteiger charge is 2.36. The number of hydrogen-bond donors (Lipinski definition) is 1. The maximum atomic E-state index is 12.9. The first-order valence-corrected chi connectivity index (χ1v) is 9.78. The lowest BCUT2D eigenvalue weighted by molar-refractivity contribution is -0.143. The van der Waals surface area contributed by atoms with E-state index in [-0.39, 0.29) is 12.3 Å². The van der Waals surface area contributed by atoms with E-state index in [2.05, 4.69) is 10.4 Å². The number of fused-ring (bicyclic) bond motifs is 1. The molecule has 152 valence electrons. The molecule has 0 unspecified atom stereocenters. The van der Waals surface area contributed by atoms with Crippen LogP contribution in [-0.2, 0) is 30.8 Å². The van der Waals surface area contributed by atoms with Crippen molar-refractivity contribution in [2.75, 3.05) is 11.9 Å². The monoisotopic (exact) mass is 415 g/mol. The Morgan fingerprint density at radius 2 is 2.04 bits per heavy atom. The van der Waals surface area contributed by atoms with Crippen LogP contribution in [0.5, 0.6) is 0 Å². The molecule has 0 saturated carbocycles. The minimum Gasteiger partial charge on any atom is -0.462 e. The molecule has 1 amide bonds. The van der Waals surface area contributed by atoms with Crippen LogP contribution >= 0.6 is 11.3 Å². The Morgan fingerprint density at radius 1 is 1.32 bits per heavy atom. The molecule has 28 heavy (non-hydrogen) atoms. The number of esters is 1. The molecule has 0 radical (unpaired) electrons. The largest absolute Gasteiger partial charge is 0.462 e. The third-order valence-corrected chi connectivity index (χ3v) is 5.65. The van der Waals surface area contributed by atoms with Crippen LogP contribution in [0.15, 0.2) is 6.07 Å². The maximum Gasteiger partial charge on any atom is 0.433 e. The first-order chi connectivity index (χ1) is 13.2. The predicted octanol–water partition coefficient (Wildman–Crippen LogP) is 4.20. The number of halogens is 3. The van der Waals surface area contributed by atoms with Crippen LogP contribution in [0.1, 0.15) is 63.2 Å². The SMILES string of the molecule is CCCOC(=O)c1c(NC(=O)c2cc(C(F)(F)F)n(C)n2)sc2c1CCCC2. The molecular formula is C18H20F3N3O3S. The molecule has 6 nitrogen and oxygen atoms in total. The zero-order valence-electron chi connectivity index (χ0n) is 15.5. The summed E-state index contributed by atoms with van der Waals surface area (Å²) in [5, 5.41) is 6.52. The highest BCUT2D eigenvalue weighted by Crippen LogP contribution is 2.39. The van der Waals surface area contributed by atoms with Crippen LogP contribution in [0.3, 0.4) is 0 Å². The van der Waals surface area contributed by atoms with E-state index in [1.807, 2.05) is 6.92 Å². The number of nitrogens with zero attached hydrogens (tertiary/aromatic N) is 2. The molecule has 1 aliphatic rings. The zero-order valence-corrected chi connectivity index (χ0v) is 16.3. The van der Waals surface area contributed by atoms with Gasteiger partial charge in [-0.3, -0.25) is 9.48 Å². The number of carbonyl (C=O) groups is 2. The number of aryl methyl sites for hydroxylation is 2. The Labute approximate surface area is 163 Å². The van der Waals surface area contributed by atoms with E-state index in [4.69, 9.17) is 4.74 Å². The van der Waals surface area contributed by atoms with Gasteiger partial charge in [-0.25, -0.2) is 4.79 Å². The third-order valence-electron chi connectivity index (χ3n) is 4.44. The fourth-order valence-corrected chi connectivity index (χ4v) is 4.42. The average molecular weight is 415 g/mol. The van der Waals surface area contributed by atoms with Crippen LogP contribution in [0.4, 0.5) is 18.2 Å². The summed E-state index contributed by atoms with van der Waals surface area (Å²) in [7, 11) is 1.12. The van der Waals surface area contributed by atoms with Gasteiger partial charge in [-0.2, -0.15) is 18.3 Å². The molecule has 10 heteroatoms. The molecule has 0 bridgehead atoms. The number of aromatic nitrogens is 2. The van der Waals surface area contributed by atoms with Gasteiger partial charge >= 0.3 is 12.1 Å². The normalized spacial score (nSPS) is 13.9. The molecule has 0 aliphatic heterocycles. The van der Waals surface area contributed by atoms with Crippen LogP contribution in [0.2, 0.25) is 0 Å². The number of anilines is 1. The Bertz CT molecular complexity index is 902. The fourth-order valence-electron chi connectivity index (χ4n) is 3.15. The molecule has 0 spiro atoms. The average Bonchev–Trinajstić information content (AvgIpc) is 3.19. The minimum atomic E-state index is -4.61. The Hall–Kier alpha value is -2.36. The number of amides is 1. The summed E-state index contributed by atoms with van der Waals surface area (Å²) in [6.45, 7) is 2.13. The van der Waals surface area contributed by atoms with Crippen molar-refractivity contribution in [3.05, 3.63) is 33.5 Å². The fraction of sp³-hybridized carbons (Fsp3) is 0.500. The molecule has 0 saturated heterocycles. The highest BCUT2D eigenvalue weighted by atomic mass is 32.1. The van der Waals surface area contributed by atoms with Crippen molar-refractivity contribution in [2.45, 2.75) is 45.2 Å². The second-order valence-electron chi connectivity index (χ2n) is 6.54. The maximum absolute atomic E-state index is 12.9. The van der Waals surface area contributed by atoms with Crippen LogP contribution in [0.25, 0.3) is 0 Å². The van der Waals surface area contributed by atoms with Gasteiger partial charge in [0.1, 0.15) is 10.7 Å². The van der Waals surface area contributed by atoms with Crippen LogP contribution < -0.4 is 5.32 Å². The molecule has 1 aliphatic carbocycles. The van der Waals surface area contributed by atoms with Crippen molar-refractivity contribution >= 4 is 28.2 Å². The summed E-state index contributed by atoms with van der Waals surface area (Å²) in [6, 6.07) is 0.692. The van der Waals surface area contributed by atoms with Gasteiger partial charge in [0.25, 0.3) is 5.91 Å². The highest BCUT2D eigenvalue weighted by molar-refractivity contribution is 7.17. The van der Waals surface area contributed by atoms with Gasteiger partial charge in [-0.1, -0.05) is 6.92 Å². The minimum absolute atomic E-state index is 0.256. The standard InChI is InChI=1S/C18H20F3N3O3S/c1-3-8-27-17(26)14-10-6-4-5-7-12(10)28-16(14)22-15(25)11-9-13(18(19,20)21)24(2)23-11/h9H,3-8H2,1-2H3,(H,22,25). The number of hydrogen-bond acceptors (Lipinski definition) is 5. The molecule has 0 aromatic carbocycles. The topological polar surface area (TPSA) is 73.2 Å². The number of alkyl halides is 3. The molecule has 0 fully saturated rings. The van der Waals surface area contributed by atoms with Gasteiger partial charge in [-0.05, 0) is 37.7 Å². The number of nitrogens with one attached hydrogen (secondary N) is 1. The quantitative estimate of drug-likeness (QED) is 0.743. The molecule has 1 N–H and O–H groups in total. The van der Waals surface area contributed by atoms with E-state index in [9.17, 15) is 22.8 Å². The van der Waals surface area contributed by atoms with Crippen molar-refractivity contribution in [3.63, 3.8) is 0 Å². The van der Waals surface area contributed by atoms with E-state index < -0.39 is 23.7 Å². The lowest BCUT2D eigenvalue weighted by Crippen LogP contribution is -2.16. The summed E-state index contributed by atoms with van der Waals surface area (Å²) in [5.41, 5.74) is -0.210. The smallest absolute Gasteiger partial charge is 0.433 e. The van der Waals surface area contributed by atoms with Crippen LogP contribution in [-0.4, -0.2) is 28.3 Å². The van der Waals surface area contributed by atoms with E-state index in [1.165, 1.54) is 11.3 Å². The molecule has 2 aromatic rings. The third kappa shape index (κ3) is 4.06. The molecule has 3 rings (SSSR count). The Morgan fingerprint density at radius 3 is 2.68 bits per heavy atom. The Kier molecular flexibility index (Phi) is 5.78. The number of rotatable bonds is 5. The van der Waals surface area contributed by atoms with Crippen LogP contribution in [0, 0.1) is 0 Å². The van der Waals surface area contributed by atoms with Crippen molar-refractivity contribution in [1.29, 1.82) is 0 Å². The lowest BCUT2D eigenvalue weighted by atomic mass is 9.95. The summed E-state index contributed by atoms with van der Waals surface area (Å²) in [4.78, 5) is 26.0. The summed E-state index contributed by atoms with van der Waals surface area (Å²) < 4.78 is 44.7. The molecule has 2 aromatic heterocycles. The summed E-state index contributed by atoms with van der Waals surface area (Å²) in [6.07, 6.45) is -0.531.